The molecule has 3 N–H and O–H groups in total. The van der Waals surface area contributed by atoms with Gasteiger partial charge >= 0.3 is 5.97 Å². The summed E-state index contributed by atoms with van der Waals surface area (Å²) in [4.78, 5) is 10.9. The number of hydrogen-bond acceptors (Lipinski definition) is 3. The van der Waals surface area contributed by atoms with E-state index in [9.17, 15) is 15.0 Å². The van der Waals surface area contributed by atoms with Crippen LogP contribution in [0, 0.1) is 5.92 Å². The topological polar surface area (TPSA) is 77.8 Å². The minimum Gasteiger partial charge on any atom is -0.481 e. The minimum absolute atomic E-state index is 0.150. The van der Waals surface area contributed by atoms with Crippen molar-refractivity contribution in [2.45, 2.75) is 69.5 Å². The second-order valence-corrected chi connectivity index (χ2v) is 7.33. The van der Waals surface area contributed by atoms with E-state index in [4.69, 9.17) is 5.11 Å². The maximum Gasteiger partial charge on any atom is 0.306 e. The monoisotopic (exact) mass is 346 g/mol. The Bertz CT molecular complexity index is 554. The third kappa shape index (κ3) is 7.41. The van der Waals surface area contributed by atoms with Crippen LogP contribution in [0.15, 0.2) is 42.5 Å². The van der Waals surface area contributed by atoms with Gasteiger partial charge in [-0.2, -0.15) is 0 Å². The Kier molecular flexibility index (Phi) is 7.66. The fourth-order valence-electron chi connectivity index (χ4n) is 3.70. The summed E-state index contributed by atoms with van der Waals surface area (Å²) in [5.74, 6) is -0.803. The number of carboxylic acid groups (broad SMARTS) is 1. The van der Waals surface area contributed by atoms with Gasteiger partial charge in [-0.05, 0) is 56.4 Å². The summed E-state index contributed by atoms with van der Waals surface area (Å²) in [5.41, 5.74) is 0.229. The van der Waals surface area contributed by atoms with Crippen molar-refractivity contribution in [2.75, 3.05) is 0 Å². The van der Waals surface area contributed by atoms with Crippen molar-refractivity contribution in [3.8, 4) is 0 Å². The highest BCUT2D eigenvalue weighted by molar-refractivity contribution is 5.68. The second-order valence-electron chi connectivity index (χ2n) is 7.33. The highest BCUT2D eigenvalue weighted by Gasteiger charge is 2.35. The Morgan fingerprint density at radius 2 is 2.04 bits per heavy atom. The first-order chi connectivity index (χ1) is 12.0. The van der Waals surface area contributed by atoms with E-state index >= 15 is 0 Å². The molecule has 2 rings (SSSR count). The zero-order chi connectivity index (χ0) is 18.1. The van der Waals surface area contributed by atoms with Gasteiger partial charge in [0.2, 0.25) is 0 Å². The summed E-state index contributed by atoms with van der Waals surface area (Å²) in [6.45, 7) is 0. The molecule has 0 aliphatic heterocycles. The second kappa shape index (κ2) is 9.73. The van der Waals surface area contributed by atoms with Gasteiger partial charge in [-0.1, -0.05) is 48.9 Å². The first-order valence-corrected chi connectivity index (χ1v) is 9.31. The van der Waals surface area contributed by atoms with Gasteiger partial charge in [0.15, 0.2) is 0 Å². The molecule has 0 saturated heterocycles. The van der Waals surface area contributed by atoms with Crippen molar-refractivity contribution in [2.24, 2.45) is 5.92 Å². The number of carboxylic acids is 1. The summed E-state index contributed by atoms with van der Waals surface area (Å²) in [6, 6.07) is 10.3. The van der Waals surface area contributed by atoms with Crippen LogP contribution < -0.4 is 0 Å². The number of benzene rings is 1. The van der Waals surface area contributed by atoms with E-state index < -0.39 is 17.7 Å². The van der Waals surface area contributed by atoms with Gasteiger partial charge in [0.25, 0.3) is 0 Å². The van der Waals surface area contributed by atoms with Crippen LogP contribution >= 0.6 is 0 Å². The van der Waals surface area contributed by atoms with Crippen molar-refractivity contribution >= 4 is 5.97 Å². The molecule has 0 unspecified atom stereocenters. The zero-order valence-corrected chi connectivity index (χ0v) is 14.8. The molecule has 25 heavy (non-hydrogen) atoms. The summed E-state index contributed by atoms with van der Waals surface area (Å²) in [7, 11) is 0. The van der Waals surface area contributed by atoms with Gasteiger partial charge in [-0.3, -0.25) is 4.79 Å². The summed E-state index contributed by atoms with van der Waals surface area (Å²) in [5, 5.41) is 29.4. The number of unbranched alkanes of at least 4 members (excludes halogenated alkanes) is 1. The molecule has 1 saturated carbocycles. The van der Waals surface area contributed by atoms with E-state index in [1.165, 1.54) is 5.56 Å². The molecule has 1 aromatic rings. The van der Waals surface area contributed by atoms with Crippen LogP contribution in [0.1, 0.15) is 56.9 Å². The van der Waals surface area contributed by atoms with Crippen LogP contribution in [0.2, 0.25) is 0 Å². The van der Waals surface area contributed by atoms with E-state index in [1.807, 2.05) is 30.4 Å². The average Bonchev–Trinajstić information content (AvgIpc) is 2.57. The fraction of sp³-hybridized carbons (Fsp3) is 0.571. The molecular formula is C21H30O4. The number of aliphatic hydroxyl groups is 2. The van der Waals surface area contributed by atoms with Crippen LogP contribution in [0.4, 0.5) is 0 Å². The minimum atomic E-state index is -1.10. The molecule has 0 aromatic heterocycles. The van der Waals surface area contributed by atoms with E-state index in [0.717, 1.165) is 38.5 Å². The highest BCUT2D eigenvalue weighted by atomic mass is 16.4. The Labute approximate surface area is 150 Å². The largest absolute Gasteiger partial charge is 0.481 e. The molecule has 1 aliphatic carbocycles. The van der Waals surface area contributed by atoms with E-state index in [-0.39, 0.29) is 12.3 Å². The van der Waals surface area contributed by atoms with Crippen molar-refractivity contribution in [1.82, 2.24) is 0 Å². The number of aliphatic hydroxyl groups excluding tert-OH is 1. The summed E-state index contributed by atoms with van der Waals surface area (Å²) in [6.07, 6.45) is 9.69. The Hall–Kier alpha value is -1.65. The van der Waals surface area contributed by atoms with Crippen LogP contribution in [0.25, 0.3) is 0 Å². The Morgan fingerprint density at radius 1 is 1.28 bits per heavy atom. The molecule has 138 valence electrons. The molecule has 1 fully saturated rings. The van der Waals surface area contributed by atoms with Crippen LogP contribution in [-0.4, -0.2) is 33.0 Å². The van der Waals surface area contributed by atoms with E-state index in [1.54, 1.807) is 0 Å². The standard InChI is InChI=1S/C21H30O4/c22-19(11-5-4-9-17-7-2-1-3-8-17)13-12-18-10-6-14-21(25,15-18)16-20(23)24/h1-3,7-8,12-13,18-19,22,25H,4-6,9-11,14-16H2,(H,23,24)/b13-12+/t18-,19+,21-/m1/s1. The first-order valence-electron chi connectivity index (χ1n) is 9.31. The Morgan fingerprint density at radius 3 is 2.76 bits per heavy atom. The molecular weight excluding hydrogens is 316 g/mol. The van der Waals surface area contributed by atoms with E-state index in [0.29, 0.717) is 12.8 Å². The van der Waals surface area contributed by atoms with E-state index in [2.05, 4.69) is 12.1 Å². The number of aliphatic carboxylic acids is 1. The summed E-state index contributed by atoms with van der Waals surface area (Å²) < 4.78 is 0. The van der Waals surface area contributed by atoms with Crippen molar-refractivity contribution < 1.29 is 20.1 Å². The Balaban J connectivity index is 1.68. The third-order valence-corrected chi connectivity index (χ3v) is 5.00. The van der Waals surface area contributed by atoms with Gasteiger partial charge in [-0.25, -0.2) is 0 Å². The maximum atomic E-state index is 10.9. The SMILES string of the molecule is O=C(O)C[C@@]1(O)CCC[C@H](/C=C/[C@@H](O)CCCCc2ccccc2)C1. The molecule has 0 radical (unpaired) electrons. The number of rotatable bonds is 9. The molecule has 0 bridgehead atoms. The molecule has 4 nitrogen and oxygen atoms in total. The predicted molar refractivity (Wildman–Crippen MR) is 98.3 cm³/mol. The lowest BCUT2D eigenvalue weighted by atomic mass is 9.76. The third-order valence-electron chi connectivity index (χ3n) is 5.00. The average molecular weight is 346 g/mol. The lowest BCUT2D eigenvalue weighted by Gasteiger charge is -2.34. The first kappa shape index (κ1) is 19.7. The predicted octanol–water partition coefficient (Wildman–Crippen LogP) is 3.71. The van der Waals surface area contributed by atoms with Crippen molar-refractivity contribution in [3.05, 3.63) is 48.0 Å². The molecule has 0 amide bonds. The molecule has 4 heteroatoms. The zero-order valence-electron chi connectivity index (χ0n) is 14.8. The number of hydrogen-bond donors (Lipinski definition) is 3. The number of allylic oxidation sites excluding steroid dienone is 1. The van der Waals surface area contributed by atoms with Crippen LogP contribution in [0.3, 0.4) is 0 Å². The molecule has 0 spiro atoms. The number of carbonyl (C=O) groups is 1. The smallest absolute Gasteiger partial charge is 0.306 e. The van der Waals surface area contributed by atoms with Crippen LogP contribution in [-0.2, 0) is 11.2 Å². The van der Waals surface area contributed by atoms with Gasteiger partial charge in [0.05, 0.1) is 18.1 Å². The molecule has 3 atom stereocenters. The molecule has 0 heterocycles. The molecule has 1 aromatic carbocycles. The van der Waals surface area contributed by atoms with Crippen LogP contribution in [0.5, 0.6) is 0 Å². The van der Waals surface area contributed by atoms with Gasteiger partial charge in [0, 0.05) is 0 Å². The highest BCUT2D eigenvalue weighted by Crippen LogP contribution is 2.35. The van der Waals surface area contributed by atoms with Crippen molar-refractivity contribution in [1.29, 1.82) is 0 Å². The summed E-state index contributed by atoms with van der Waals surface area (Å²) >= 11 is 0. The maximum absolute atomic E-state index is 10.9. The molecule has 1 aliphatic rings. The van der Waals surface area contributed by atoms with Gasteiger partial charge in [-0.15, -0.1) is 0 Å². The lowest BCUT2D eigenvalue weighted by Crippen LogP contribution is -2.37. The lowest BCUT2D eigenvalue weighted by molar-refractivity contribution is -0.144. The van der Waals surface area contributed by atoms with Gasteiger partial charge < -0.3 is 15.3 Å². The van der Waals surface area contributed by atoms with Gasteiger partial charge in [0.1, 0.15) is 0 Å². The van der Waals surface area contributed by atoms with Crippen molar-refractivity contribution in [3.63, 3.8) is 0 Å². The normalized spacial score (nSPS) is 25.1. The fourth-order valence-corrected chi connectivity index (χ4v) is 3.70. The number of aryl methyl sites for hydroxylation is 1. The quantitative estimate of drug-likeness (QED) is 0.470.